The highest BCUT2D eigenvalue weighted by Gasteiger charge is 2.13. The first-order valence-electron chi connectivity index (χ1n) is 6.10. The smallest absolute Gasteiger partial charge is 0.183 e. The standard InChI is InChI=1S/C14H16N2S/c1-10(16-14-15-7-8-17-14)12-6-5-11-3-2-4-13(11)9-12/h5-10H,2-4H2,1H3,(H,15,16). The number of aryl methyl sites for hydroxylation is 2. The SMILES string of the molecule is CC(Nc1nccs1)c1ccc2c(c1)CCC2. The quantitative estimate of drug-likeness (QED) is 0.888. The lowest BCUT2D eigenvalue weighted by molar-refractivity contribution is 0.876. The summed E-state index contributed by atoms with van der Waals surface area (Å²) >= 11 is 1.65. The van der Waals surface area contributed by atoms with Crippen LogP contribution in [0.25, 0.3) is 0 Å². The van der Waals surface area contributed by atoms with Crippen LogP contribution in [0.4, 0.5) is 5.13 Å². The largest absolute Gasteiger partial charge is 0.355 e. The van der Waals surface area contributed by atoms with Crippen molar-refractivity contribution in [2.24, 2.45) is 0 Å². The van der Waals surface area contributed by atoms with E-state index < -0.39 is 0 Å². The van der Waals surface area contributed by atoms with E-state index in [9.17, 15) is 0 Å². The van der Waals surface area contributed by atoms with Gasteiger partial charge in [0.05, 0.1) is 6.04 Å². The van der Waals surface area contributed by atoms with Crippen LogP contribution in [-0.2, 0) is 12.8 Å². The van der Waals surface area contributed by atoms with Crippen LogP contribution in [0.2, 0.25) is 0 Å². The van der Waals surface area contributed by atoms with Crippen LogP contribution >= 0.6 is 11.3 Å². The van der Waals surface area contributed by atoms with Gasteiger partial charge in [0.15, 0.2) is 5.13 Å². The Labute approximate surface area is 106 Å². The van der Waals surface area contributed by atoms with Gasteiger partial charge in [-0.05, 0) is 42.9 Å². The second kappa shape index (κ2) is 4.49. The Morgan fingerprint density at radius 1 is 1.29 bits per heavy atom. The number of nitrogens with zero attached hydrogens (tertiary/aromatic N) is 1. The van der Waals surface area contributed by atoms with Gasteiger partial charge in [-0.1, -0.05) is 18.2 Å². The Kier molecular flexibility index (Phi) is 2.85. The number of thiazole rings is 1. The molecule has 0 radical (unpaired) electrons. The Morgan fingerprint density at radius 2 is 2.18 bits per heavy atom. The van der Waals surface area contributed by atoms with Crippen molar-refractivity contribution in [3.63, 3.8) is 0 Å². The summed E-state index contributed by atoms with van der Waals surface area (Å²) in [7, 11) is 0. The highest BCUT2D eigenvalue weighted by molar-refractivity contribution is 7.13. The van der Waals surface area contributed by atoms with Crippen LogP contribution in [0, 0.1) is 0 Å². The molecular weight excluding hydrogens is 228 g/mol. The molecule has 1 aliphatic rings. The summed E-state index contributed by atoms with van der Waals surface area (Å²) < 4.78 is 0. The lowest BCUT2D eigenvalue weighted by Crippen LogP contribution is -2.06. The summed E-state index contributed by atoms with van der Waals surface area (Å²) in [5.74, 6) is 0. The van der Waals surface area contributed by atoms with Crippen LogP contribution < -0.4 is 5.32 Å². The van der Waals surface area contributed by atoms with E-state index >= 15 is 0 Å². The zero-order valence-corrected chi connectivity index (χ0v) is 10.8. The van der Waals surface area contributed by atoms with Gasteiger partial charge in [-0.25, -0.2) is 4.98 Å². The van der Waals surface area contributed by atoms with Crippen molar-refractivity contribution in [1.29, 1.82) is 0 Å². The fraction of sp³-hybridized carbons (Fsp3) is 0.357. The number of hydrogen-bond donors (Lipinski definition) is 1. The summed E-state index contributed by atoms with van der Waals surface area (Å²) in [6, 6.07) is 7.22. The van der Waals surface area contributed by atoms with Crippen LogP contribution in [0.15, 0.2) is 29.8 Å². The van der Waals surface area contributed by atoms with Gasteiger partial charge < -0.3 is 5.32 Å². The second-order valence-electron chi connectivity index (χ2n) is 4.58. The average Bonchev–Trinajstić information content (AvgIpc) is 2.97. The van der Waals surface area contributed by atoms with Gasteiger partial charge >= 0.3 is 0 Å². The second-order valence-corrected chi connectivity index (χ2v) is 5.48. The molecule has 0 fully saturated rings. The number of anilines is 1. The van der Waals surface area contributed by atoms with Gasteiger partial charge in [0, 0.05) is 11.6 Å². The minimum absolute atomic E-state index is 0.326. The topological polar surface area (TPSA) is 24.9 Å². The number of benzene rings is 1. The molecule has 3 heteroatoms. The molecule has 3 rings (SSSR count). The van der Waals surface area contributed by atoms with E-state index in [1.165, 1.54) is 36.0 Å². The normalized spacial score (nSPS) is 15.6. The van der Waals surface area contributed by atoms with Crippen LogP contribution in [0.1, 0.15) is 36.1 Å². The average molecular weight is 244 g/mol. The van der Waals surface area contributed by atoms with E-state index in [1.807, 2.05) is 11.6 Å². The highest BCUT2D eigenvalue weighted by atomic mass is 32.1. The minimum atomic E-state index is 0.326. The molecule has 88 valence electrons. The molecule has 1 aromatic heterocycles. The third kappa shape index (κ3) is 2.20. The Morgan fingerprint density at radius 3 is 3.00 bits per heavy atom. The van der Waals surface area contributed by atoms with Crippen LogP contribution in [-0.4, -0.2) is 4.98 Å². The Balaban J connectivity index is 1.79. The molecule has 0 saturated carbocycles. The van der Waals surface area contributed by atoms with E-state index in [0.29, 0.717) is 6.04 Å². The molecule has 0 aliphatic heterocycles. The molecule has 2 aromatic rings. The lowest BCUT2D eigenvalue weighted by atomic mass is 10.0. The Hall–Kier alpha value is -1.35. The van der Waals surface area contributed by atoms with Crippen molar-refractivity contribution in [1.82, 2.24) is 4.98 Å². The number of rotatable bonds is 3. The summed E-state index contributed by atoms with van der Waals surface area (Å²) in [5.41, 5.74) is 4.44. The van der Waals surface area contributed by atoms with E-state index in [0.717, 1.165) is 5.13 Å². The first-order chi connectivity index (χ1) is 8.33. The van der Waals surface area contributed by atoms with Crippen LogP contribution in [0.3, 0.4) is 0 Å². The molecule has 2 nitrogen and oxygen atoms in total. The predicted octanol–water partition coefficient (Wildman–Crippen LogP) is 3.80. The van der Waals surface area contributed by atoms with Crippen molar-refractivity contribution < 1.29 is 0 Å². The number of hydrogen-bond acceptors (Lipinski definition) is 3. The van der Waals surface area contributed by atoms with Crippen molar-refractivity contribution in [2.45, 2.75) is 32.2 Å². The van der Waals surface area contributed by atoms with Gasteiger partial charge in [-0.2, -0.15) is 0 Å². The third-order valence-electron chi connectivity index (χ3n) is 3.39. The fourth-order valence-corrected chi connectivity index (χ4v) is 3.04. The molecule has 0 bridgehead atoms. The predicted molar refractivity (Wildman–Crippen MR) is 72.6 cm³/mol. The lowest BCUT2D eigenvalue weighted by Gasteiger charge is -2.14. The molecule has 0 spiro atoms. The third-order valence-corrected chi connectivity index (χ3v) is 4.10. The molecule has 1 atom stereocenters. The first-order valence-corrected chi connectivity index (χ1v) is 6.98. The van der Waals surface area contributed by atoms with Gasteiger partial charge in [0.1, 0.15) is 0 Å². The van der Waals surface area contributed by atoms with Crippen molar-refractivity contribution >= 4 is 16.5 Å². The van der Waals surface area contributed by atoms with Gasteiger partial charge in [0.2, 0.25) is 0 Å². The summed E-state index contributed by atoms with van der Waals surface area (Å²) in [5, 5.41) is 6.43. The van der Waals surface area contributed by atoms with Crippen LogP contribution in [0.5, 0.6) is 0 Å². The maximum atomic E-state index is 4.26. The maximum Gasteiger partial charge on any atom is 0.183 e. The zero-order valence-electron chi connectivity index (χ0n) is 9.94. The van der Waals surface area contributed by atoms with E-state index in [1.54, 1.807) is 11.3 Å². The fourth-order valence-electron chi connectivity index (χ4n) is 2.42. The molecular formula is C14H16N2S. The van der Waals surface area contributed by atoms with E-state index in [4.69, 9.17) is 0 Å². The van der Waals surface area contributed by atoms with Crippen molar-refractivity contribution in [3.05, 3.63) is 46.5 Å². The molecule has 1 aliphatic carbocycles. The van der Waals surface area contributed by atoms with Gasteiger partial charge in [-0.3, -0.25) is 0 Å². The molecule has 1 N–H and O–H groups in total. The van der Waals surface area contributed by atoms with Gasteiger partial charge in [0.25, 0.3) is 0 Å². The molecule has 0 saturated heterocycles. The molecule has 1 unspecified atom stereocenters. The molecule has 1 aromatic carbocycles. The van der Waals surface area contributed by atoms with Crippen molar-refractivity contribution in [3.8, 4) is 0 Å². The zero-order chi connectivity index (χ0) is 11.7. The summed E-state index contributed by atoms with van der Waals surface area (Å²) in [4.78, 5) is 4.26. The van der Waals surface area contributed by atoms with Crippen molar-refractivity contribution in [2.75, 3.05) is 5.32 Å². The van der Waals surface area contributed by atoms with Gasteiger partial charge in [-0.15, -0.1) is 11.3 Å². The molecule has 1 heterocycles. The summed E-state index contributed by atoms with van der Waals surface area (Å²) in [6.45, 7) is 2.19. The number of aromatic nitrogens is 1. The maximum absolute atomic E-state index is 4.26. The van der Waals surface area contributed by atoms with E-state index in [2.05, 4.69) is 35.4 Å². The summed E-state index contributed by atoms with van der Waals surface area (Å²) in [6.07, 6.45) is 5.65. The molecule has 0 amide bonds. The highest BCUT2D eigenvalue weighted by Crippen LogP contribution is 2.27. The minimum Gasteiger partial charge on any atom is -0.355 e. The van der Waals surface area contributed by atoms with E-state index in [-0.39, 0.29) is 0 Å². The monoisotopic (exact) mass is 244 g/mol. The number of nitrogens with one attached hydrogen (secondary N) is 1. The Bertz CT molecular complexity index is 505. The first kappa shape index (κ1) is 10.8. The number of fused-ring (bicyclic) bond motifs is 1. The molecule has 17 heavy (non-hydrogen) atoms.